The molecule has 3 aromatic rings. The van der Waals surface area contributed by atoms with E-state index in [1.54, 1.807) is 0 Å². The molecule has 0 radical (unpaired) electrons. The average Bonchev–Trinajstić information content (AvgIpc) is 2.55. The minimum atomic E-state index is 0.0677. The van der Waals surface area contributed by atoms with Gasteiger partial charge in [0.1, 0.15) is 0 Å². The van der Waals surface area contributed by atoms with Gasteiger partial charge < -0.3 is 0 Å². The van der Waals surface area contributed by atoms with Crippen molar-refractivity contribution in [2.45, 2.75) is 6.92 Å². The van der Waals surface area contributed by atoms with Crippen molar-refractivity contribution in [1.82, 2.24) is 0 Å². The molecule has 0 fully saturated rings. The minimum Gasteiger partial charge on any atom is -0.289 e. The van der Waals surface area contributed by atoms with Crippen LogP contribution in [-0.4, -0.2) is 5.78 Å². The Morgan fingerprint density at radius 1 is 0.762 bits per heavy atom. The quantitative estimate of drug-likeness (QED) is 0.620. The van der Waals surface area contributed by atoms with Gasteiger partial charge >= 0.3 is 0 Å². The van der Waals surface area contributed by atoms with Gasteiger partial charge in [0, 0.05) is 11.1 Å². The van der Waals surface area contributed by atoms with Gasteiger partial charge in [0.25, 0.3) is 0 Å². The summed E-state index contributed by atoms with van der Waals surface area (Å²) in [5, 5.41) is 0. The number of carbonyl (C=O) groups excluding carboxylic acids is 1. The van der Waals surface area contributed by atoms with Crippen LogP contribution < -0.4 is 0 Å². The van der Waals surface area contributed by atoms with Crippen molar-refractivity contribution in [1.29, 1.82) is 0 Å². The summed E-state index contributed by atoms with van der Waals surface area (Å²) in [4.78, 5) is 12.8. The Kier molecular flexibility index (Phi) is 3.65. The number of hydrogen-bond acceptors (Lipinski definition) is 1. The van der Waals surface area contributed by atoms with Crippen LogP contribution >= 0.6 is 0 Å². The Labute approximate surface area is 124 Å². The molecule has 0 spiro atoms. The van der Waals surface area contributed by atoms with E-state index < -0.39 is 0 Å². The molecule has 3 aromatic carbocycles. The molecule has 0 aliphatic carbocycles. The summed E-state index contributed by atoms with van der Waals surface area (Å²) in [5.74, 6) is 0.0677. The summed E-state index contributed by atoms with van der Waals surface area (Å²) < 4.78 is 0. The van der Waals surface area contributed by atoms with Gasteiger partial charge in [-0.3, -0.25) is 4.79 Å². The molecule has 0 amide bonds. The smallest absolute Gasteiger partial charge is 0.193 e. The average molecular weight is 272 g/mol. The Morgan fingerprint density at radius 2 is 1.48 bits per heavy atom. The van der Waals surface area contributed by atoms with E-state index in [0.29, 0.717) is 0 Å². The van der Waals surface area contributed by atoms with Gasteiger partial charge in [-0.25, -0.2) is 0 Å². The maximum atomic E-state index is 12.8. The fourth-order valence-corrected chi connectivity index (χ4v) is 2.49. The standard InChI is InChI=1S/C20H16O/c1-15-8-7-11-17(14-15)20(21)19-13-6-5-12-18(19)16-9-3-2-4-10-16/h2-14H,1H3. The molecular formula is C20H16O. The van der Waals surface area contributed by atoms with Crippen molar-refractivity contribution in [2.24, 2.45) is 0 Å². The zero-order chi connectivity index (χ0) is 14.7. The fraction of sp³-hybridized carbons (Fsp3) is 0.0500. The van der Waals surface area contributed by atoms with Crippen molar-refractivity contribution in [3.63, 3.8) is 0 Å². The highest BCUT2D eigenvalue weighted by atomic mass is 16.1. The number of rotatable bonds is 3. The normalized spacial score (nSPS) is 10.3. The third-order valence-electron chi connectivity index (χ3n) is 3.54. The SMILES string of the molecule is Cc1cccc(C(=O)c2ccccc2-c2ccccc2)c1. The molecule has 0 aliphatic rings. The first-order valence-corrected chi connectivity index (χ1v) is 7.01. The number of ketones is 1. The van der Waals surface area contributed by atoms with Gasteiger partial charge in [0.15, 0.2) is 5.78 Å². The molecule has 0 aliphatic heterocycles. The maximum Gasteiger partial charge on any atom is 0.193 e. The van der Waals surface area contributed by atoms with Crippen LogP contribution in [-0.2, 0) is 0 Å². The highest BCUT2D eigenvalue weighted by molar-refractivity contribution is 6.12. The second kappa shape index (κ2) is 5.76. The lowest BCUT2D eigenvalue weighted by Crippen LogP contribution is -2.03. The number of hydrogen-bond donors (Lipinski definition) is 0. The Balaban J connectivity index is 2.09. The summed E-state index contributed by atoms with van der Waals surface area (Å²) in [6.07, 6.45) is 0. The van der Waals surface area contributed by atoms with Gasteiger partial charge in [-0.05, 0) is 24.1 Å². The zero-order valence-corrected chi connectivity index (χ0v) is 11.9. The third-order valence-corrected chi connectivity index (χ3v) is 3.54. The Morgan fingerprint density at radius 3 is 2.24 bits per heavy atom. The summed E-state index contributed by atoms with van der Waals surface area (Å²) in [5.41, 5.74) is 4.62. The van der Waals surface area contributed by atoms with Crippen LogP contribution in [0.1, 0.15) is 21.5 Å². The second-order valence-electron chi connectivity index (χ2n) is 5.11. The van der Waals surface area contributed by atoms with E-state index in [-0.39, 0.29) is 5.78 Å². The van der Waals surface area contributed by atoms with Crippen LogP contribution in [0.2, 0.25) is 0 Å². The number of carbonyl (C=O) groups is 1. The maximum absolute atomic E-state index is 12.8. The summed E-state index contributed by atoms with van der Waals surface area (Å²) >= 11 is 0. The molecule has 0 N–H and O–H groups in total. The van der Waals surface area contributed by atoms with Crippen molar-refractivity contribution in [3.05, 3.63) is 95.6 Å². The van der Waals surface area contributed by atoms with Gasteiger partial charge in [0.2, 0.25) is 0 Å². The van der Waals surface area contributed by atoms with E-state index in [4.69, 9.17) is 0 Å². The van der Waals surface area contributed by atoms with Gasteiger partial charge in [-0.15, -0.1) is 0 Å². The fourth-order valence-electron chi connectivity index (χ4n) is 2.49. The molecule has 0 unspecified atom stereocenters. The lowest BCUT2D eigenvalue weighted by atomic mass is 9.93. The highest BCUT2D eigenvalue weighted by Crippen LogP contribution is 2.25. The first-order valence-electron chi connectivity index (χ1n) is 7.01. The van der Waals surface area contributed by atoms with E-state index >= 15 is 0 Å². The molecule has 0 heterocycles. The molecule has 21 heavy (non-hydrogen) atoms. The van der Waals surface area contributed by atoms with Gasteiger partial charge in [0.05, 0.1) is 0 Å². The lowest BCUT2D eigenvalue weighted by Gasteiger charge is -2.09. The van der Waals surface area contributed by atoms with E-state index in [2.05, 4.69) is 0 Å². The van der Waals surface area contributed by atoms with Crippen molar-refractivity contribution < 1.29 is 4.79 Å². The van der Waals surface area contributed by atoms with Crippen LogP contribution in [0.4, 0.5) is 0 Å². The number of benzene rings is 3. The van der Waals surface area contributed by atoms with Crippen LogP contribution in [0.15, 0.2) is 78.9 Å². The van der Waals surface area contributed by atoms with E-state index in [1.165, 1.54) is 0 Å². The first-order chi connectivity index (χ1) is 10.3. The van der Waals surface area contributed by atoms with Gasteiger partial charge in [-0.1, -0.05) is 78.4 Å². The molecule has 0 atom stereocenters. The van der Waals surface area contributed by atoms with Crippen LogP contribution in [0.5, 0.6) is 0 Å². The van der Waals surface area contributed by atoms with E-state index in [1.807, 2.05) is 85.8 Å². The Hall–Kier alpha value is -2.67. The van der Waals surface area contributed by atoms with Crippen molar-refractivity contribution in [3.8, 4) is 11.1 Å². The lowest BCUT2D eigenvalue weighted by molar-refractivity contribution is 0.103. The molecule has 102 valence electrons. The Bertz CT molecular complexity index is 773. The first kappa shape index (κ1) is 13.3. The molecule has 0 saturated heterocycles. The summed E-state index contributed by atoms with van der Waals surface area (Å²) in [7, 11) is 0. The molecule has 0 saturated carbocycles. The van der Waals surface area contributed by atoms with Crippen LogP contribution in [0, 0.1) is 6.92 Å². The monoisotopic (exact) mass is 272 g/mol. The van der Waals surface area contributed by atoms with Gasteiger partial charge in [-0.2, -0.15) is 0 Å². The largest absolute Gasteiger partial charge is 0.289 e. The summed E-state index contributed by atoms with van der Waals surface area (Å²) in [6, 6.07) is 25.5. The minimum absolute atomic E-state index is 0.0677. The van der Waals surface area contributed by atoms with Crippen molar-refractivity contribution >= 4 is 5.78 Å². The molecular weight excluding hydrogens is 256 g/mol. The highest BCUT2D eigenvalue weighted by Gasteiger charge is 2.14. The molecule has 0 bridgehead atoms. The van der Waals surface area contributed by atoms with E-state index in [0.717, 1.165) is 27.8 Å². The van der Waals surface area contributed by atoms with E-state index in [9.17, 15) is 4.79 Å². The van der Waals surface area contributed by atoms with Crippen LogP contribution in [0.25, 0.3) is 11.1 Å². The predicted molar refractivity (Wildman–Crippen MR) is 86.5 cm³/mol. The second-order valence-corrected chi connectivity index (χ2v) is 5.11. The van der Waals surface area contributed by atoms with Crippen LogP contribution in [0.3, 0.4) is 0 Å². The summed E-state index contributed by atoms with van der Waals surface area (Å²) in [6.45, 7) is 2.00. The molecule has 3 rings (SSSR count). The zero-order valence-electron chi connectivity index (χ0n) is 11.9. The van der Waals surface area contributed by atoms with Crippen molar-refractivity contribution in [2.75, 3.05) is 0 Å². The number of aryl methyl sites for hydroxylation is 1. The predicted octanol–water partition coefficient (Wildman–Crippen LogP) is 4.89. The topological polar surface area (TPSA) is 17.1 Å². The molecule has 0 aromatic heterocycles. The molecule has 1 nitrogen and oxygen atoms in total. The third kappa shape index (κ3) is 2.77. The molecule has 1 heteroatoms.